The average Bonchev–Trinajstić information content (AvgIpc) is 3.41. The first-order valence-corrected chi connectivity index (χ1v) is 10.8. The summed E-state index contributed by atoms with van der Waals surface area (Å²) in [5.74, 6) is -0.0580. The van der Waals surface area contributed by atoms with E-state index >= 15 is 0 Å². The normalized spacial score (nSPS) is 11.0. The van der Waals surface area contributed by atoms with Crippen LogP contribution in [0.4, 0.5) is 5.69 Å². The van der Waals surface area contributed by atoms with Gasteiger partial charge in [0.15, 0.2) is 0 Å². The Bertz CT molecular complexity index is 1380. The van der Waals surface area contributed by atoms with Crippen molar-refractivity contribution in [2.75, 3.05) is 5.32 Å². The number of benzene rings is 1. The zero-order chi connectivity index (χ0) is 21.2. The third-order valence-electron chi connectivity index (χ3n) is 4.76. The summed E-state index contributed by atoms with van der Waals surface area (Å²) >= 11 is 7.62. The number of carbonyl (C=O) groups is 1. The smallest absolute Gasteiger partial charge is 0.229 e. The Kier molecular flexibility index (Phi) is 5.19. The molecule has 1 aromatic carbocycles. The molecule has 0 spiro atoms. The molecule has 0 aliphatic rings. The van der Waals surface area contributed by atoms with Gasteiger partial charge in [-0.25, -0.2) is 14.5 Å². The first-order valence-electron chi connectivity index (χ1n) is 9.56. The summed E-state index contributed by atoms with van der Waals surface area (Å²) in [4.78, 5) is 21.9. The van der Waals surface area contributed by atoms with Crippen LogP contribution in [0.15, 0.2) is 78.4 Å². The van der Waals surface area contributed by atoms with E-state index in [4.69, 9.17) is 16.7 Å². The molecule has 0 radical (unpaired) electrons. The van der Waals surface area contributed by atoms with Crippen LogP contribution in [0.3, 0.4) is 0 Å². The minimum absolute atomic E-state index is 0.0580. The number of hydrogen-bond donors (Lipinski definition) is 1. The fraction of sp³-hybridized carbons (Fsp3) is 0.0435. The van der Waals surface area contributed by atoms with Crippen molar-refractivity contribution in [2.24, 2.45) is 0 Å². The summed E-state index contributed by atoms with van der Waals surface area (Å²) in [5.41, 5.74) is 4.76. The molecule has 0 aliphatic heterocycles. The van der Waals surface area contributed by atoms with Gasteiger partial charge in [-0.1, -0.05) is 24.3 Å². The van der Waals surface area contributed by atoms with E-state index in [0.717, 1.165) is 27.2 Å². The SMILES string of the molecule is O=C(Cc1cccs1)Nc1cccc(-c2nn3ccccc3c2-c2ccnc(Cl)n2)c1. The molecular weight excluding hydrogens is 430 g/mol. The van der Waals surface area contributed by atoms with E-state index in [9.17, 15) is 4.79 Å². The zero-order valence-electron chi connectivity index (χ0n) is 16.2. The Labute approximate surface area is 187 Å². The fourth-order valence-corrected chi connectivity index (χ4v) is 4.30. The highest BCUT2D eigenvalue weighted by atomic mass is 35.5. The van der Waals surface area contributed by atoms with Crippen molar-refractivity contribution >= 4 is 40.0 Å². The van der Waals surface area contributed by atoms with Gasteiger partial charge < -0.3 is 5.32 Å². The quantitative estimate of drug-likeness (QED) is 0.370. The summed E-state index contributed by atoms with van der Waals surface area (Å²) in [6.07, 6.45) is 3.86. The Hall–Kier alpha value is -3.55. The van der Waals surface area contributed by atoms with Crippen LogP contribution in [-0.4, -0.2) is 25.5 Å². The monoisotopic (exact) mass is 445 g/mol. The molecule has 0 saturated carbocycles. The second kappa shape index (κ2) is 8.29. The molecule has 0 saturated heterocycles. The first-order chi connectivity index (χ1) is 15.2. The number of halogens is 1. The van der Waals surface area contributed by atoms with Crippen molar-refractivity contribution in [1.29, 1.82) is 0 Å². The maximum absolute atomic E-state index is 12.4. The molecule has 0 fully saturated rings. The van der Waals surface area contributed by atoms with Gasteiger partial charge in [0.05, 0.1) is 23.2 Å². The lowest BCUT2D eigenvalue weighted by Gasteiger charge is -2.08. The molecule has 5 rings (SSSR count). The van der Waals surface area contributed by atoms with E-state index in [1.165, 1.54) is 0 Å². The van der Waals surface area contributed by atoms with Crippen molar-refractivity contribution in [2.45, 2.75) is 6.42 Å². The Balaban J connectivity index is 1.55. The number of amides is 1. The molecular formula is C23H16ClN5OS. The first kappa shape index (κ1) is 19.4. The van der Waals surface area contributed by atoms with Crippen molar-refractivity contribution in [3.8, 4) is 22.5 Å². The van der Waals surface area contributed by atoms with Crippen LogP contribution < -0.4 is 5.32 Å². The summed E-state index contributed by atoms with van der Waals surface area (Å²) in [6, 6.07) is 19.2. The fourth-order valence-electron chi connectivity index (χ4n) is 3.45. The van der Waals surface area contributed by atoms with Gasteiger partial charge in [-0.2, -0.15) is 5.10 Å². The van der Waals surface area contributed by atoms with Gasteiger partial charge in [-0.3, -0.25) is 4.79 Å². The number of fused-ring (bicyclic) bond motifs is 1. The molecule has 5 aromatic rings. The molecule has 31 heavy (non-hydrogen) atoms. The highest BCUT2D eigenvalue weighted by molar-refractivity contribution is 7.10. The van der Waals surface area contributed by atoms with Crippen LogP contribution in [0, 0.1) is 0 Å². The second-order valence-corrected chi connectivity index (χ2v) is 8.22. The summed E-state index contributed by atoms with van der Waals surface area (Å²) in [5, 5.41) is 9.89. The summed E-state index contributed by atoms with van der Waals surface area (Å²) in [7, 11) is 0. The number of pyridine rings is 1. The molecule has 8 heteroatoms. The topological polar surface area (TPSA) is 72.2 Å². The molecule has 1 N–H and O–H groups in total. The maximum atomic E-state index is 12.4. The largest absolute Gasteiger partial charge is 0.326 e. The van der Waals surface area contributed by atoms with Crippen LogP contribution in [0.2, 0.25) is 5.28 Å². The average molecular weight is 446 g/mol. The van der Waals surface area contributed by atoms with Crippen LogP contribution in [-0.2, 0) is 11.2 Å². The number of hydrogen-bond acceptors (Lipinski definition) is 5. The molecule has 0 bridgehead atoms. The minimum atomic E-state index is -0.0580. The van der Waals surface area contributed by atoms with Gasteiger partial charge in [-0.15, -0.1) is 11.3 Å². The van der Waals surface area contributed by atoms with Crippen molar-refractivity contribution in [3.05, 3.63) is 88.6 Å². The van der Waals surface area contributed by atoms with Gasteiger partial charge in [0.1, 0.15) is 5.69 Å². The van der Waals surface area contributed by atoms with Crippen molar-refractivity contribution < 1.29 is 4.79 Å². The Morgan fingerprint density at radius 1 is 1.10 bits per heavy atom. The van der Waals surface area contributed by atoms with Crippen LogP contribution in [0.5, 0.6) is 0 Å². The molecule has 4 aromatic heterocycles. The summed E-state index contributed by atoms with van der Waals surface area (Å²) in [6.45, 7) is 0. The lowest BCUT2D eigenvalue weighted by molar-refractivity contribution is -0.115. The molecule has 0 aliphatic carbocycles. The third-order valence-corrected chi connectivity index (χ3v) is 5.82. The number of rotatable bonds is 5. The maximum Gasteiger partial charge on any atom is 0.229 e. The Morgan fingerprint density at radius 3 is 2.87 bits per heavy atom. The Morgan fingerprint density at radius 2 is 2.03 bits per heavy atom. The van der Waals surface area contributed by atoms with E-state index in [0.29, 0.717) is 17.8 Å². The predicted molar refractivity (Wildman–Crippen MR) is 123 cm³/mol. The van der Waals surface area contributed by atoms with Crippen molar-refractivity contribution in [3.63, 3.8) is 0 Å². The van der Waals surface area contributed by atoms with Gasteiger partial charge in [0, 0.05) is 28.5 Å². The molecule has 4 heterocycles. The van der Waals surface area contributed by atoms with Gasteiger partial charge in [-0.05, 0) is 53.4 Å². The van der Waals surface area contributed by atoms with Crippen LogP contribution in [0.25, 0.3) is 28.0 Å². The number of anilines is 1. The van der Waals surface area contributed by atoms with Crippen molar-refractivity contribution in [1.82, 2.24) is 19.6 Å². The molecule has 0 unspecified atom stereocenters. The van der Waals surface area contributed by atoms with E-state index < -0.39 is 0 Å². The number of thiophene rings is 1. The molecule has 152 valence electrons. The van der Waals surface area contributed by atoms with Gasteiger partial charge in [0.25, 0.3) is 0 Å². The van der Waals surface area contributed by atoms with Gasteiger partial charge in [0.2, 0.25) is 11.2 Å². The minimum Gasteiger partial charge on any atom is -0.326 e. The van der Waals surface area contributed by atoms with E-state index in [1.54, 1.807) is 17.5 Å². The van der Waals surface area contributed by atoms with E-state index in [2.05, 4.69) is 15.3 Å². The number of aromatic nitrogens is 4. The highest BCUT2D eigenvalue weighted by Gasteiger charge is 2.18. The summed E-state index contributed by atoms with van der Waals surface area (Å²) < 4.78 is 1.81. The van der Waals surface area contributed by atoms with Gasteiger partial charge >= 0.3 is 0 Å². The molecule has 0 atom stereocenters. The lowest BCUT2D eigenvalue weighted by atomic mass is 10.0. The number of carbonyl (C=O) groups excluding carboxylic acids is 1. The third kappa shape index (κ3) is 4.05. The standard InChI is InChI=1S/C23H16ClN5OS/c24-23-25-10-9-18(27-23)21-19-8-1-2-11-29(19)28-22(21)15-5-3-6-16(13-15)26-20(30)14-17-7-4-12-31-17/h1-13H,14H2,(H,26,30). The lowest BCUT2D eigenvalue weighted by Crippen LogP contribution is -2.13. The zero-order valence-corrected chi connectivity index (χ0v) is 17.8. The highest BCUT2D eigenvalue weighted by Crippen LogP contribution is 2.35. The van der Waals surface area contributed by atoms with Crippen LogP contribution in [0.1, 0.15) is 4.88 Å². The van der Waals surface area contributed by atoms with E-state index in [1.807, 2.05) is 76.8 Å². The number of nitrogens with zero attached hydrogens (tertiary/aromatic N) is 4. The molecule has 6 nitrogen and oxygen atoms in total. The van der Waals surface area contributed by atoms with Crippen LogP contribution >= 0.6 is 22.9 Å². The second-order valence-electron chi connectivity index (χ2n) is 6.85. The van der Waals surface area contributed by atoms with E-state index in [-0.39, 0.29) is 11.2 Å². The molecule has 1 amide bonds. The number of nitrogens with one attached hydrogen (secondary N) is 1. The predicted octanol–water partition coefficient (Wildman–Crippen LogP) is 5.35.